The van der Waals surface area contributed by atoms with Crippen molar-refractivity contribution in [3.05, 3.63) is 30.1 Å². The van der Waals surface area contributed by atoms with Gasteiger partial charge in [0.1, 0.15) is 5.82 Å². The van der Waals surface area contributed by atoms with Crippen LogP contribution in [0.3, 0.4) is 0 Å². The quantitative estimate of drug-likeness (QED) is 0.902. The van der Waals surface area contributed by atoms with Crippen LogP contribution in [0.1, 0.15) is 57.3 Å². The molecule has 0 aliphatic carbocycles. The highest BCUT2D eigenvalue weighted by molar-refractivity contribution is 5.86. The number of fused-ring (bicyclic) bond motifs is 1. The Balaban J connectivity index is 1.61. The molecule has 2 aromatic rings. The van der Waals surface area contributed by atoms with Gasteiger partial charge in [0.15, 0.2) is 0 Å². The van der Waals surface area contributed by atoms with E-state index in [0.717, 1.165) is 30.7 Å². The molecule has 27 heavy (non-hydrogen) atoms. The molecule has 146 valence electrons. The van der Waals surface area contributed by atoms with Gasteiger partial charge in [0, 0.05) is 38.3 Å². The first kappa shape index (κ1) is 18.4. The summed E-state index contributed by atoms with van der Waals surface area (Å²) in [6.07, 6.45) is 3.26. The van der Waals surface area contributed by atoms with Gasteiger partial charge in [-0.05, 0) is 51.7 Å². The molecule has 6 heteroatoms. The number of amides is 1. The summed E-state index contributed by atoms with van der Waals surface area (Å²) < 4.78 is 7.74. The van der Waals surface area contributed by atoms with Crippen LogP contribution in [0.25, 0.3) is 11.0 Å². The van der Waals surface area contributed by atoms with Crippen LogP contribution in [-0.4, -0.2) is 52.2 Å². The fourth-order valence-corrected chi connectivity index (χ4v) is 4.53. The van der Waals surface area contributed by atoms with Crippen LogP contribution in [0.5, 0.6) is 0 Å². The van der Waals surface area contributed by atoms with Crippen LogP contribution >= 0.6 is 0 Å². The van der Waals surface area contributed by atoms with Crippen molar-refractivity contribution in [1.82, 2.24) is 14.5 Å². The predicted octanol–water partition coefficient (Wildman–Crippen LogP) is 2.83. The lowest BCUT2D eigenvalue weighted by Gasteiger charge is -2.40. The Morgan fingerprint density at radius 2 is 2.04 bits per heavy atom. The molecule has 0 saturated carbocycles. The first-order chi connectivity index (χ1) is 13.0. The summed E-state index contributed by atoms with van der Waals surface area (Å²) in [4.78, 5) is 20.1. The van der Waals surface area contributed by atoms with Crippen molar-refractivity contribution >= 4 is 16.9 Å². The lowest BCUT2D eigenvalue weighted by Crippen LogP contribution is -2.59. The van der Waals surface area contributed by atoms with Crippen molar-refractivity contribution in [3.8, 4) is 0 Å². The van der Waals surface area contributed by atoms with Crippen LogP contribution in [0, 0.1) is 0 Å². The molecule has 1 atom stereocenters. The molecular formula is C21H30N4O2. The molecule has 0 spiro atoms. The van der Waals surface area contributed by atoms with Crippen LogP contribution in [0.4, 0.5) is 0 Å². The molecule has 2 saturated heterocycles. The van der Waals surface area contributed by atoms with Gasteiger partial charge in [-0.25, -0.2) is 4.98 Å². The molecule has 6 nitrogen and oxygen atoms in total. The standard InChI is InChI=1S/C21H30N4O2/c1-15(2)25-18-8-4-3-7-17(18)23-19(25)16-6-5-11-24(14-16)20(26)21(22)9-12-27-13-10-21/h3-4,7-8,15-16H,5-6,9-14,22H2,1-2H3. The Kier molecular flexibility index (Phi) is 4.95. The Morgan fingerprint density at radius 1 is 1.30 bits per heavy atom. The molecule has 2 aliphatic rings. The van der Waals surface area contributed by atoms with E-state index in [1.807, 2.05) is 11.0 Å². The summed E-state index contributed by atoms with van der Waals surface area (Å²) in [5, 5.41) is 0. The van der Waals surface area contributed by atoms with Crippen LogP contribution in [0.2, 0.25) is 0 Å². The molecule has 1 aromatic heterocycles. The van der Waals surface area contributed by atoms with Gasteiger partial charge in [0.2, 0.25) is 5.91 Å². The second-order valence-corrected chi connectivity index (χ2v) is 8.28. The van der Waals surface area contributed by atoms with E-state index in [0.29, 0.717) is 38.6 Å². The first-order valence-electron chi connectivity index (χ1n) is 10.1. The number of benzene rings is 1. The minimum Gasteiger partial charge on any atom is -0.381 e. The molecule has 1 aromatic carbocycles. The van der Waals surface area contributed by atoms with Crippen LogP contribution in [0.15, 0.2) is 24.3 Å². The highest BCUT2D eigenvalue weighted by Crippen LogP contribution is 2.33. The maximum absolute atomic E-state index is 13.2. The van der Waals surface area contributed by atoms with E-state index in [-0.39, 0.29) is 11.8 Å². The third kappa shape index (κ3) is 3.36. The molecule has 2 N–H and O–H groups in total. The number of ether oxygens (including phenoxy) is 1. The van der Waals surface area contributed by atoms with Gasteiger partial charge < -0.3 is 19.9 Å². The number of rotatable bonds is 3. The minimum atomic E-state index is -0.766. The molecular weight excluding hydrogens is 340 g/mol. The van der Waals surface area contributed by atoms with Crippen molar-refractivity contribution in [3.63, 3.8) is 0 Å². The fourth-order valence-electron chi connectivity index (χ4n) is 4.53. The van der Waals surface area contributed by atoms with Gasteiger partial charge in [-0.2, -0.15) is 0 Å². The third-order valence-electron chi connectivity index (χ3n) is 6.02. The number of likely N-dealkylation sites (tertiary alicyclic amines) is 1. The number of piperidine rings is 1. The lowest BCUT2D eigenvalue weighted by molar-refractivity contribution is -0.141. The molecule has 2 aliphatic heterocycles. The van der Waals surface area contributed by atoms with Gasteiger partial charge in [-0.3, -0.25) is 4.79 Å². The maximum atomic E-state index is 13.2. The summed E-state index contributed by atoms with van der Waals surface area (Å²) in [6.45, 7) is 7.03. The molecule has 0 bridgehead atoms. The van der Waals surface area contributed by atoms with Crippen molar-refractivity contribution in [1.29, 1.82) is 0 Å². The predicted molar refractivity (Wildman–Crippen MR) is 106 cm³/mol. The zero-order chi connectivity index (χ0) is 19.0. The van der Waals surface area contributed by atoms with Crippen molar-refractivity contribution < 1.29 is 9.53 Å². The second-order valence-electron chi connectivity index (χ2n) is 8.28. The topological polar surface area (TPSA) is 73.4 Å². The Labute approximate surface area is 160 Å². The van der Waals surface area contributed by atoms with E-state index in [2.05, 4.69) is 36.6 Å². The Morgan fingerprint density at radius 3 is 2.78 bits per heavy atom. The monoisotopic (exact) mass is 370 g/mol. The largest absolute Gasteiger partial charge is 0.381 e. The summed E-state index contributed by atoms with van der Waals surface area (Å²) in [6, 6.07) is 8.63. The number of aromatic nitrogens is 2. The highest BCUT2D eigenvalue weighted by Gasteiger charge is 2.41. The fraction of sp³-hybridized carbons (Fsp3) is 0.619. The second kappa shape index (κ2) is 7.24. The van der Waals surface area contributed by atoms with Crippen molar-refractivity contribution in [2.24, 2.45) is 5.73 Å². The number of para-hydroxylation sites is 2. The van der Waals surface area contributed by atoms with E-state index in [1.54, 1.807) is 0 Å². The zero-order valence-corrected chi connectivity index (χ0v) is 16.4. The first-order valence-corrected chi connectivity index (χ1v) is 10.1. The molecule has 1 amide bonds. The average molecular weight is 370 g/mol. The number of carbonyl (C=O) groups is 1. The van der Waals surface area contributed by atoms with Gasteiger partial charge in [0.25, 0.3) is 0 Å². The number of hydrogen-bond donors (Lipinski definition) is 1. The van der Waals surface area contributed by atoms with E-state index in [1.165, 1.54) is 5.52 Å². The Hall–Kier alpha value is -1.92. The number of hydrogen-bond acceptors (Lipinski definition) is 4. The normalized spacial score (nSPS) is 23.1. The third-order valence-corrected chi connectivity index (χ3v) is 6.02. The van der Waals surface area contributed by atoms with Gasteiger partial charge in [-0.1, -0.05) is 12.1 Å². The van der Waals surface area contributed by atoms with E-state index in [4.69, 9.17) is 15.5 Å². The maximum Gasteiger partial charge on any atom is 0.242 e. The van der Waals surface area contributed by atoms with Crippen molar-refractivity contribution in [2.45, 2.75) is 57.0 Å². The minimum absolute atomic E-state index is 0.0858. The molecule has 3 heterocycles. The molecule has 0 radical (unpaired) electrons. The summed E-state index contributed by atoms with van der Waals surface area (Å²) in [5.74, 6) is 1.44. The van der Waals surface area contributed by atoms with E-state index < -0.39 is 5.54 Å². The number of carbonyl (C=O) groups excluding carboxylic acids is 1. The Bertz CT molecular complexity index is 823. The summed E-state index contributed by atoms with van der Waals surface area (Å²) in [5.41, 5.74) is 7.90. The average Bonchev–Trinajstić information content (AvgIpc) is 3.08. The lowest BCUT2D eigenvalue weighted by atomic mass is 9.87. The number of nitrogens with zero attached hydrogens (tertiary/aromatic N) is 3. The number of imidazole rings is 1. The van der Waals surface area contributed by atoms with Gasteiger partial charge >= 0.3 is 0 Å². The summed E-state index contributed by atoms with van der Waals surface area (Å²) in [7, 11) is 0. The SMILES string of the molecule is CC(C)n1c(C2CCCN(C(=O)C3(N)CCOCC3)C2)nc2ccccc21. The zero-order valence-electron chi connectivity index (χ0n) is 16.4. The molecule has 4 rings (SSSR count). The summed E-state index contributed by atoms with van der Waals surface area (Å²) >= 11 is 0. The van der Waals surface area contributed by atoms with E-state index >= 15 is 0 Å². The smallest absolute Gasteiger partial charge is 0.242 e. The van der Waals surface area contributed by atoms with Gasteiger partial charge in [-0.15, -0.1) is 0 Å². The number of nitrogens with two attached hydrogens (primary N) is 1. The van der Waals surface area contributed by atoms with E-state index in [9.17, 15) is 4.79 Å². The van der Waals surface area contributed by atoms with Crippen LogP contribution in [-0.2, 0) is 9.53 Å². The molecule has 2 fully saturated rings. The van der Waals surface area contributed by atoms with Gasteiger partial charge in [0.05, 0.1) is 16.6 Å². The molecule has 1 unspecified atom stereocenters. The van der Waals surface area contributed by atoms with Crippen molar-refractivity contribution in [2.75, 3.05) is 26.3 Å². The van der Waals surface area contributed by atoms with Crippen LogP contribution < -0.4 is 5.73 Å². The highest BCUT2D eigenvalue weighted by atomic mass is 16.5.